The molecule has 0 unspecified atom stereocenters. The van der Waals surface area contributed by atoms with Crippen LogP contribution in [0.3, 0.4) is 0 Å². The molecule has 4 aromatic heterocycles. The lowest BCUT2D eigenvalue weighted by Crippen LogP contribution is -2.34. The summed E-state index contributed by atoms with van der Waals surface area (Å²) < 4.78 is 24.5. The topological polar surface area (TPSA) is 111 Å². The molecule has 4 aromatic rings. The maximum atomic E-state index is 14.0. The van der Waals surface area contributed by atoms with Crippen LogP contribution in [0.4, 0.5) is 24.0 Å². The van der Waals surface area contributed by atoms with Crippen molar-refractivity contribution in [3.05, 3.63) is 61.2 Å². The van der Waals surface area contributed by atoms with E-state index in [-0.39, 0.29) is 18.5 Å². The largest absolute Gasteiger partial charge is 0.443 e. The van der Waals surface area contributed by atoms with Crippen molar-refractivity contribution < 1.29 is 23.5 Å². The predicted molar refractivity (Wildman–Crippen MR) is 167 cm³/mol. The molecule has 0 bridgehead atoms. The van der Waals surface area contributed by atoms with Gasteiger partial charge in [-0.15, -0.1) is 0 Å². The smallest absolute Gasteiger partial charge is 0.415 e. The van der Waals surface area contributed by atoms with Crippen molar-refractivity contribution in [3.63, 3.8) is 0 Å². The van der Waals surface area contributed by atoms with Gasteiger partial charge in [-0.05, 0) is 65.8 Å². The molecule has 13 heteroatoms. The van der Waals surface area contributed by atoms with Gasteiger partial charge < -0.3 is 9.47 Å². The molecule has 10 nitrogen and oxygen atoms in total. The van der Waals surface area contributed by atoms with Gasteiger partial charge in [-0.25, -0.2) is 19.6 Å². The number of aromatic nitrogens is 4. The Balaban J connectivity index is 0.000000287. The minimum absolute atomic E-state index is 0. The number of anilines is 2. The molecule has 0 aliphatic carbocycles. The lowest BCUT2D eigenvalue weighted by molar-refractivity contribution is 0.0579. The zero-order chi connectivity index (χ0) is 30.4. The summed E-state index contributed by atoms with van der Waals surface area (Å²) in [5.41, 5.74) is 0.479. The maximum Gasteiger partial charge on any atom is 0.415 e. The van der Waals surface area contributed by atoms with Crippen LogP contribution in [0.2, 0.25) is 0 Å². The molecule has 42 heavy (non-hydrogen) atoms. The predicted octanol–water partition coefficient (Wildman–Crippen LogP) is 7.93. The zero-order valence-electron chi connectivity index (χ0n) is 24.2. The number of hydrogen-bond donors (Lipinski definition) is 0. The van der Waals surface area contributed by atoms with Crippen LogP contribution in [0.15, 0.2) is 55.2 Å². The van der Waals surface area contributed by atoms with Crippen molar-refractivity contribution >= 4 is 44.9 Å². The van der Waals surface area contributed by atoms with Crippen LogP contribution in [0.1, 0.15) is 49.0 Å². The number of thiazole rings is 2. The van der Waals surface area contributed by atoms with Gasteiger partial charge >= 0.3 is 12.2 Å². The summed E-state index contributed by atoms with van der Waals surface area (Å²) in [6.07, 6.45) is 7.33. The zero-order valence-corrected chi connectivity index (χ0v) is 25.8. The van der Waals surface area contributed by atoms with Crippen LogP contribution in [0.5, 0.6) is 0 Å². The van der Waals surface area contributed by atoms with E-state index in [1.807, 2.05) is 32.9 Å². The molecule has 0 atom stereocenters. The SMILES string of the molecule is C.CN(C(=O)OC(C)(C)C)c1cnc(-c2cccnc2)s1.CN(C(=O)OC(C)(C)C)c1sc(-c2cccnc2)nc1F. The van der Waals surface area contributed by atoms with Crippen molar-refractivity contribution in [2.24, 2.45) is 0 Å². The van der Waals surface area contributed by atoms with Crippen LogP contribution < -0.4 is 9.80 Å². The summed E-state index contributed by atoms with van der Waals surface area (Å²) >= 11 is 2.50. The van der Waals surface area contributed by atoms with E-state index in [9.17, 15) is 14.0 Å². The van der Waals surface area contributed by atoms with Gasteiger partial charge in [-0.3, -0.25) is 19.8 Å². The Kier molecular flexibility index (Phi) is 11.6. The number of pyridine rings is 2. The molecule has 0 saturated heterocycles. The van der Waals surface area contributed by atoms with Crippen molar-refractivity contribution in [3.8, 4) is 21.1 Å². The van der Waals surface area contributed by atoms with Crippen molar-refractivity contribution in [1.82, 2.24) is 19.9 Å². The lowest BCUT2D eigenvalue weighted by Gasteiger charge is -2.23. The molecule has 0 saturated carbocycles. The normalized spacial score (nSPS) is 11.0. The average molecular weight is 617 g/mol. The van der Waals surface area contributed by atoms with E-state index < -0.39 is 23.2 Å². The van der Waals surface area contributed by atoms with Gasteiger partial charge in [-0.2, -0.15) is 4.39 Å². The highest BCUT2D eigenvalue weighted by Crippen LogP contribution is 2.34. The van der Waals surface area contributed by atoms with E-state index in [2.05, 4.69) is 19.9 Å². The second-order valence-corrected chi connectivity index (χ2v) is 12.7. The highest BCUT2D eigenvalue weighted by Gasteiger charge is 2.25. The Labute approximate surface area is 254 Å². The van der Waals surface area contributed by atoms with Gasteiger partial charge in [0.25, 0.3) is 0 Å². The van der Waals surface area contributed by atoms with Gasteiger partial charge in [0, 0.05) is 50.0 Å². The first-order valence-corrected chi connectivity index (χ1v) is 14.1. The minimum atomic E-state index is -0.702. The number of carbonyl (C=O) groups excluding carboxylic acids is 2. The first-order chi connectivity index (χ1) is 19.1. The molecular weight excluding hydrogens is 579 g/mol. The average Bonchev–Trinajstić information content (AvgIpc) is 3.55. The molecule has 4 heterocycles. The molecule has 0 aliphatic heterocycles. The highest BCUT2D eigenvalue weighted by atomic mass is 32.1. The Morgan fingerprint density at radius 3 is 1.76 bits per heavy atom. The Morgan fingerprint density at radius 1 is 0.786 bits per heavy atom. The van der Waals surface area contributed by atoms with E-state index in [4.69, 9.17) is 9.47 Å². The van der Waals surface area contributed by atoms with Crippen LogP contribution in [-0.2, 0) is 9.47 Å². The van der Waals surface area contributed by atoms with E-state index in [1.165, 1.54) is 23.3 Å². The van der Waals surface area contributed by atoms with E-state index in [1.54, 1.807) is 70.9 Å². The number of hydrogen-bond acceptors (Lipinski definition) is 10. The Morgan fingerprint density at radius 2 is 1.29 bits per heavy atom. The molecule has 2 amide bonds. The van der Waals surface area contributed by atoms with Gasteiger partial charge in [0.2, 0.25) is 5.95 Å². The van der Waals surface area contributed by atoms with Crippen molar-refractivity contribution in [2.75, 3.05) is 23.9 Å². The number of nitrogens with zero attached hydrogens (tertiary/aromatic N) is 6. The Hall–Kier alpha value is -3.97. The third kappa shape index (κ3) is 9.84. The van der Waals surface area contributed by atoms with E-state index >= 15 is 0 Å². The first kappa shape index (κ1) is 34.2. The number of carbonyl (C=O) groups is 2. The molecule has 0 aromatic carbocycles. The number of ether oxygens (including phenoxy) is 2. The fourth-order valence-corrected chi connectivity index (χ4v) is 4.74. The van der Waals surface area contributed by atoms with E-state index in [0.717, 1.165) is 31.8 Å². The van der Waals surface area contributed by atoms with Crippen molar-refractivity contribution in [1.29, 1.82) is 0 Å². The fourth-order valence-electron chi connectivity index (χ4n) is 2.99. The number of rotatable bonds is 4. The standard InChI is InChI=1S/C14H16FN3O2S.C14H17N3O2S.CH4/c1-14(2,3)20-13(19)18(4)12-10(15)17-11(21-12)9-6-5-7-16-8-9;1-14(2,3)19-13(18)17(4)11-9-16-12(20-11)10-6-5-7-15-8-10;/h5-8H,1-4H3;5-9H,1-4H3;1H4. The number of amides is 2. The molecule has 4 rings (SSSR count). The summed E-state index contributed by atoms with van der Waals surface area (Å²) in [6.45, 7) is 10.8. The molecule has 0 N–H and O–H groups in total. The molecule has 0 spiro atoms. The van der Waals surface area contributed by atoms with Crippen LogP contribution in [-0.4, -0.2) is 57.4 Å². The molecule has 226 valence electrons. The fraction of sp³-hybridized carbons (Fsp3) is 0.379. The monoisotopic (exact) mass is 616 g/mol. The number of halogens is 1. The molecule has 0 aliphatic rings. The first-order valence-electron chi connectivity index (χ1n) is 12.5. The third-order valence-corrected chi connectivity index (χ3v) is 7.13. The van der Waals surface area contributed by atoms with Crippen molar-refractivity contribution in [2.45, 2.75) is 60.2 Å². The van der Waals surface area contributed by atoms with Crippen LogP contribution in [0.25, 0.3) is 21.1 Å². The summed E-state index contributed by atoms with van der Waals surface area (Å²) in [5, 5.41) is 2.13. The molecule has 0 fully saturated rings. The second-order valence-electron chi connectivity index (χ2n) is 10.7. The van der Waals surface area contributed by atoms with Gasteiger partial charge in [0.05, 0.1) is 6.20 Å². The van der Waals surface area contributed by atoms with Crippen LogP contribution in [0, 0.1) is 5.95 Å². The summed E-state index contributed by atoms with van der Waals surface area (Å²) in [4.78, 5) is 42.7. The van der Waals surface area contributed by atoms with Gasteiger partial charge in [-0.1, -0.05) is 30.1 Å². The van der Waals surface area contributed by atoms with Crippen LogP contribution >= 0.6 is 22.7 Å². The summed E-state index contributed by atoms with van der Waals surface area (Å²) in [5.74, 6) is -0.702. The van der Waals surface area contributed by atoms with E-state index in [0.29, 0.717) is 10.6 Å². The third-order valence-electron chi connectivity index (χ3n) is 4.85. The summed E-state index contributed by atoms with van der Waals surface area (Å²) in [7, 11) is 3.13. The summed E-state index contributed by atoms with van der Waals surface area (Å²) in [6, 6.07) is 7.31. The quantitative estimate of drug-likeness (QED) is 0.227. The molecule has 0 radical (unpaired) electrons. The van der Waals surface area contributed by atoms with Gasteiger partial charge in [0.15, 0.2) is 5.00 Å². The second kappa shape index (κ2) is 14.3. The van der Waals surface area contributed by atoms with Gasteiger partial charge in [0.1, 0.15) is 26.2 Å². The lowest BCUT2D eigenvalue weighted by atomic mass is 10.2. The maximum absolute atomic E-state index is 14.0. The minimum Gasteiger partial charge on any atom is -0.443 e. The Bertz CT molecular complexity index is 1450. The highest BCUT2D eigenvalue weighted by molar-refractivity contribution is 7.19. The molecular formula is C29H37FN6O4S2.